The van der Waals surface area contributed by atoms with E-state index in [9.17, 15) is 34.5 Å². The average Bonchev–Trinajstić information content (AvgIpc) is 3.27. The summed E-state index contributed by atoms with van der Waals surface area (Å²) in [5.41, 5.74) is 6.60. The maximum atomic E-state index is 13.2. The second-order valence-corrected chi connectivity index (χ2v) is 9.42. The van der Waals surface area contributed by atoms with E-state index in [0.29, 0.717) is 18.4 Å². The van der Waals surface area contributed by atoms with Crippen molar-refractivity contribution in [3.05, 3.63) is 29.8 Å². The molecule has 1 fully saturated rings. The molecule has 1 aromatic rings. The van der Waals surface area contributed by atoms with Crippen molar-refractivity contribution in [3.63, 3.8) is 0 Å². The highest BCUT2D eigenvalue weighted by molar-refractivity contribution is 5.94. The first-order chi connectivity index (χ1) is 16.4. The van der Waals surface area contributed by atoms with Gasteiger partial charge in [0.2, 0.25) is 17.7 Å². The fraction of sp³-hybridized carbons (Fsp3) is 0.583. The minimum absolute atomic E-state index is 0.0361. The van der Waals surface area contributed by atoms with Crippen molar-refractivity contribution in [2.24, 2.45) is 11.7 Å². The number of carbonyl (C=O) groups excluding carboxylic acids is 3. The number of nitrogens with zero attached hydrogens (tertiary/aromatic N) is 1. The number of nitrogens with two attached hydrogens (primary N) is 1. The fourth-order valence-electron chi connectivity index (χ4n) is 4.08. The van der Waals surface area contributed by atoms with Gasteiger partial charge in [0.25, 0.3) is 0 Å². The predicted octanol–water partition coefficient (Wildman–Crippen LogP) is -0.266. The second kappa shape index (κ2) is 12.5. The van der Waals surface area contributed by atoms with Gasteiger partial charge in [0, 0.05) is 13.0 Å². The molecule has 2 rings (SSSR count). The largest absolute Gasteiger partial charge is 0.508 e. The first-order valence-corrected chi connectivity index (χ1v) is 11.8. The van der Waals surface area contributed by atoms with E-state index in [2.05, 4.69) is 10.6 Å². The van der Waals surface area contributed by atoms with Gasteiger partial charge in [-0.1, -0.05) is 26.0 Å². The molecule has 1 aliphatic heterocycles. The first-order valence-electron chi connectivity index (χ1n) is 11.8. The summed E-state index contributed by atoms with van der Waals surface area (Å²) in [6.07, 6.45) is -0.0888. The molecule has 3 amide bonds. The molecule has 1 saturated heterocycles. The number of rotatable bonds is 11. The number of aliphatic carboxylic acids is 1. The number of aliphatic hydroxyl groups excluding tert-OH is 1. The molecule has 7 N–H and O–H groups in total. The van der Waals surface area contributed by atoms with Gasteiger partial charge in [-0.2, -0.15) is 0 Å². The number of aromatic hydroxyl groups is 1. The molecular formula is C24H36N4O7. The van der Waals surface area contributed by atoms with E-state index in [1.54, 1.807) is 12.1 Å². The van der Waals surface area contributed by atoms with Crippen molar-refractivity contribution >= 4 is 23.7 Å². The number of phenols is 1. The second-order valence-electron chi connectivity index (χ2n) is 9.42. The zero-order valence-corrected chi connectivity index (χ0v) is 20.3. The Balaban J connectivity index is 2.23. The van der Waals surface area contributed by atoms with Gasteiger partial charge < -0.3 is 36.6 Å². The minimum atomic E-state index is -1.40. The molecule has 35 heavy (non-hydrogen) atoms. The van der Waals surface area contributed by atoms with E-state index in [-0.39, 0.29) is 31.1 Å². The van der Waals surface area contributed by atoms with Crippen molar-refractivity contribution in [2.75, 3.05) is 6.54 Å². The molecule has 0 spiro atoms. The summed E-state index contributed by atoms with van der Waals surface area (Å²) in [6.45, 7) is 5.35. The zero-order valence-electron chi connectivity index (χ0n) is 20.3. The van der Waals surface area contributed by atoms with Crippen LogP contribution in [0.4, 0.5) is 0 Å². The van der Waals surface area contributed by atoms with E-state index in [0.717, 1.165) is 4.90 Å². The Hall–Kier alpha value is -3.18. The van der Waals surface area contributed by atoms with E-state index in [1.807, 2.05) is 13.8 Å². The number of hydrogen-bond acceptors (Lipinski definition) is 7. The van der Waals surface area contributed by atoms with Crippen molar-refractivity contribution in [3.8, 4) is 5.75 Å². The molecule has 0 saturated carbocycles. The molecular weight excluding hydrogens is 456 g/mol. The highest BCUT2D eigenvalue weighted by atomic mass is 16.4. The van der Waals surface area contributed by atoms with Crippen LogP contribution in [-0.2, 0) is 25.6 Å². The van der Waals surface area contributed by atoms with Gasteiger partial charge in [-0.3, -0.25) is 14.4 Å². The summed E-state index contributed by atoms with van der Waals surface area (Å²) in [5, 5.41) is 34.3. The molecule has 1 aromatic carbocycles. The Labute approximate surface area is 204 Å². The summed E-state index contributed by atoms with van der Waals surface area (Å²) < 4.78 is 0. The van der Waals surface area contributed by atoms with E-state index in [1.165, 1.54) is 19.1 Å². The summed E-state index contributed by atoms with van der Waals surface area (Å²) in [4.78, 5) is 51.6. The van der Waals surface area contributed by atoms with Crippen LogP contribution >= 0.6 is 0 Å². The summed E-state index contributed by atoms with van der Waals surface area (Å²) in [5.74, 6) is -2.93. The number of carboxylic acids is 1. The summed E-state index contributed by atoms with van der Waals surface area (Å²) >= 11 is 0. The van der Waals surface area contributed by atoms with Crippen molar-refractivity contribution in [1.82, 2.24) is 15.5 Å². The van der Waals surface area contributed by atoms with Crippen molar-refractivity contribution in [1.29, 1.82) is 0 Å². The van der Waals surface area contributed by atoms with Gasteiger partial charge in [0.1, 0.15) is 23.9 Å². The van der Waals surface area contributed by atoms with Gasteiger partial charge >= 0.3 is 5.97 Å². The number of likely N-dealkylation sites (tertiary alicyclic amines) is 1. The number of benzene rings is 1. The number of phenolic OH excluding ortho intramolecular Hbond substituents is 1. The van der Waals surface area contributed by atoms with Crippen LogP contribution in [0, 0.1) is 5.92 Å². The van der Waals surface area contributed by atoms with E-state index >= 15 is 0 Å². The normalized spacial score (nSPS) is 19.0. The number of carboxylic acid groups (broad SMARTS) is 1. The molecule has 1 heterocycles. The highest BCUT2D eigenvalue weighted by Gasteiger charge is 2.40. The van der Waals surface area contributed by atoms with Crippen LogP contribution in [0.2, 0.25) is 0 Å². The van der Waals surface area contributed by atoms with Gasteiger partial charge in [0.05, 0.1) is 12.1 Å². The number of aliphatic hydroxyl groups is 1. The lowest BCUT2D eigenvalue weighted by atomic mass is 10.0. The van der Waals surface area contributed by atoms with Crippen LogP contribution in [0.1, 0.15) is 45.6 Å². The fourth-order valence-corrected chi connectivity index (χ4v) is 4.08. The smallest absolute Gasteiger partial charge is 0.326 e. The van der Waals surface area contributed by atoms with Crippen molar-refractivity contribution in [2.45, 2.75) is 76.7 Å². The van der Waals surface area contributed by atoms with Crippen molar-refractivity contribution < 1.29 is 34.5 Å². The van der Waals surface area contributed by atoms with E-state index < -0.39 is 54.0 Å². The Morgan fingerprint density at radius 2 is 1.71 bits per heavy atom. The molecule has 11 heteroatoms. The quantitative estimate of drug-likeness (QED) is 0.244. The van der Waals surface area contributed by atoms with Gasteiger partial charge in [-0.25, -0.2) is 4.79 Å². The third-order valence-electron chi connectivity index (χ3n) is 5.94. The van der Waals surface area contributed by atoms with Crippen LogP contribution in [0.5, 0.6) is 5.75 Å². The molecule has 11 nitrogen and oxygen atoms in total. The molecule has 0 radical (unpaired) electrons. The Morgan fingerprint density at radius 1 is 1.09 bits per heavy atom. The first kappa shape index (κ1) is 28.1. The maximum absolute atomic E-state index is 13.2. The van der Waals surface area contributed by atoms with Crippen LogP contribution < -0.4 is 16.4 Å². The lowest BCUT2D eigenvalue weighted by Gasteiger charge is -2.30. The molecule has 0 aromatic heterocycles. The van der Waals surface area contributed by atoms with Gasteiger partial charge in [-0.15, -0.1) is 0 Å². The Morgan fingerprint density at radius 3 is 2.26 bits per heavy atom. The molecule has 5 atom stereocenters. The Bertz CT molecular complexity index is 904. The third-order valence-corrected chi connectivity index (χ3v) is 5.94. The molecule has 0 unspecified atom stereocenters. The minimum Gasteiger partial charge on any atom is -0.508 e. The third kappa shape index (κ3) is 7.93. The number of nitrogens with one attached hydrogen (secondary N) is 2. The molecule has 194 valence electrons. The monoisotopic (exact) mass is 492 g/mol. The molecule has 1 aliphatic rings. The number of hydrogen-bond donors (Lipinski definition) is 6. The van der Waals surface area contributed by atoms with Crippen LogP contribution in [-0.4, -0.2) is 80.7 Å². The summed E-state index contributed by atoms with van der Waals surface area (Å²) in [6, 6.07) is 1.67. The zero-order chi connectivity index (χ0) is 26.3. The predicted molar refractivity (Wildman–Crippen MR) is 127 cm³/mol. The number of amides is 3. The summed E-state index contributed by atoms with van der Waals surface area (Å²) in [7, 11) is 0. The standard InChI is InChI=1S/C24H36N4O7/c1-13(2)11-17(25)21(31)26-18(12-15-6-8-16(30)9-7-15)22(32)27-20(14(3)29)23(33)28-10-4-5-19(28)24(34)35/h6-9,13-14,17-20,29-30H,4-5,10-12,25H2,1-3H3,(H,26,31)(H,27,32)(H,34,35)/t14-,17+,18+,19+,20+/m1/s1. The lowest BCUT2D eigenvalue weighted by Crippen LogP contribution is -2.60. The van der Waals surface area contributed by atoms with Crippen LogP contribution in [0.3, 0.4) is 0 Å². The maximum Gasteiger partial charge on any atom is 0.326 e. The molecule has 0 bridgehead atoms. The van der Waals surface area contributed by atoms with Crippen LogP contribution in [0.15, 0.2) is 24.3 Å². The SMILES string of the molecule is CC(C)C[C@H](N)C(=O)N[C@@H](Cc1ccc(O)cc1)C(=O)N[C@H](C(=O)N1CCC[C@H]1C(=O)O)[C@@H](C)O. The topological polar surface area (TPSA) is 182 Å². The van der Waals surface area contributed by atoms with E-state index in [4.69, 9.17) is 5.73 Å². The average molecular weight is 493 g/mol. The lowest BCUT2D eigenvalue weighted by molar-refractivity contribution is -0.150. The van der Waals surface area contributed by atoms with Gasteiger partial charge in [-0.05, 0) is 49.8 Å². The highest BCUT2D eigenvalue weighted by Crippen LogP contribution is 2.19. The van der Waals surface area contributed by atoms with Gasteiger partial charge in [0.15, 0.2) is 0 Å². The molecule has 0 aliphatic carbocycles. The Kier molecular flexibility index (Phi) is 10.0. The number of carbonyl (C=O) groups is 4. The van der Waals surface area contributed by atoms with Crippen LogP contribution in [0.25, 0.3) is 0 Å².